The molecule has 0 atom stereocenters. The van der Waals surface area contributed by atoms with Crippen LogP contribution in [0.2, 0.25) is 0 Å². The van der Waals surface area contributed by atoms with Gasteiger partial charge in [0, 0.05) is 57.9 Å². The van der Waals surface area contributed by atoms with Crippen molar-refractivity contribution in [3.63, 3.8) is 0 Å². The second-order valence-electron chi connectivity index (χ2n) is 11.2. The van der Waals surface area contributed by atoms with Crippen molar-refractivity contribution in [2.24, 2.45) is 7.05 Å². The maximum atomic E-state index is 5.33. The van der Waals surface area contributed by atoms with Crippen LogP contribution in [0.25, 0.3) is 83.1 Å². The normalized spacial score (nSPS) is 12.0. The fourth-order valence-electron chi connectivity index (χ4n) is 6.69. The number of rotatable bonds is 3. The summed E-state index contributed by atoms with van der Waals surface area (Å²) in [6, 6.07) is 36.2. The van der Waals surface area contributed by atoms with Gasteiger partial charge >= 0.3 is 0 Å². The number of imidazole rings is 1. The first-order chi connectivity index (χ1) is 21.2. The number of aromatic nitrogens is 6. The lowest BCUT2D eigenvalue weighted by atomic mass is 10.0. The molecule has 6 heteroatoms. The molecule has 9 rings (SSSR count). The average Bonchev–Trinajstić information content (AvgIpc) is 3.70. The summed E-state index contributed by atoms with van der Waals surface area (Å²) in [6.07, 6.45) is 3.68. The molecule has 0 spiro atoms. The maximum absolute atomic E-state index is 5.33. The van der Waals surface area contributed by atoms with E-state index in [-0.39, 0.29) is 0 Å². The van der Waals surface area contributed by atoms with Crippen LogP contribution in [0.15, 0.2) is 116 Å². The second kappa shape index (κ2) is 8.87. The third-order valence-corrected chi connectivity index (χ3v) is 8.61. The van der Waals surface area contributed by atoms with Crippen LogP contribution in [0, 0.1) is 6.92 Å². The van der Waals surface area contributed by atoms with Crippen molar-refractivity contribution in [1.82, 2.24) is 29.1 Å². The molecule has 204 valence electrons. The van der Waals surface area contributed by atoms with Gasteiger partial charge in [0.1, 0.15) is 11.5 Å². The minimum absolute atomic E-state index is 0.897. The van der Waals surface area contributed by atoms with Gasteiger partial charge in [0.25, 0.3) is 0 Å². The van der Waals surface area contributed by atoms with Gasteiger partial charge in [-0.2, -0.15) is 0 Å². The molecule has 0 fully saturated rings. The highest BCUT2D eigenvalue weighted by Gasteiger charge is 2.19. The zero-order valence-electron chi connectivity index (χ0n) is 23.7. The molecule has 0 radical (unpaired) electrons. The third-order valence-electron chi connectivity index (χ3n) is 8.61. The zero-order chi connectivity index (χ0) is 28.7. The first-order valence-corrected chi connectivity index (χ1v) is 14.4. The van der Waals surface area contributed by atoms with Gasteiger partial charge in [0.05, 0.1) is 27.6 Å². The molecule has 0 amide bonds. The molecular weight excluding hydrogens is 528 g/mol. The van der Waals surface area contributed by atoms with Gasteiger partial charge in [-0.1, -0.05) is 42.5 Å². The molecule has 0 saturated heterocycles. The Labute approximate surface area is 246 Å². The van der Waals surface area contributed by atoms with Crippen LogP contribution in [-0.2, 0) is 7.05 Å². The van der Waals surface area contributed by atoms with Gasteiger partial charge in [-0.05, 0) is 78.7 Å². The number of nitrogens with one attached hydrogen (secondary N) is 1. The minimum atomic E-state index is 0.897. The molecule has 1 N–H and O–H groups in total. The van der Waals surface area contributed by atoms with E-state index in [0.717, 1.165) is 72.3 Å². The van der Waals surface area contributed by atoms with Crippen molar-refractivity contribution in [3.05, 3.63) is 121 Å². The van der Waals surface area contributed by atoms with Gasteiger partial charge in [0.15, 0.2) is 0 Å². The molecule has 6 nitrogen and oxygen atoms in total. The topological polar surface area (TPSA) is 64.3 Å². The number of hydrogen-bond donors (Lipinski definition) is 1. The van der Waals surface area contributed by atoms with Crippen molar-refractivity contribution >= 4 is 54.9 Å². The molecule has 4 aromatic carbocycles. The van der Waals surface area contributed by atoms with Gasteiger partial charge in [-0.3, -0.25) is 9.55 Å². The Balaban J connectivity index is 1.26. The molecule has 0 aliphatic heterocycles. The SMILES string of the molecule is Cc1cc(-c2nc3c(-c4cccc(-n5c6cccnc6c6cccnc65)c4)cccc3n2C)c2[nH]c3ccccc3c2c1. The molecule has 43 heavy (non-hydrogen) atoms. The van der Waals surface area contributed by atoms with Gasteiger partial charge in [-0.25, -0.2) is 9.97 Å². The molecule has 0 aliphatic rings. The summed E-state index contributed by atoms with van der Waals surface area (Å²) in [5.74, 6) is 0.941. The number of aryl methyl sites for hydroxylation is 2. The number of pyridine rings is 2. The van der Waals surface area contributed by atoms with Crippen LogP contribution in [0.3, 0.4) is 0 Å². The van der Waals surface area contributed by atoms with Gasteiger partial charge in [-0.15, -0.1) is 0 Å². The third kappa shape index (κ3) is 3.44. The van der Waals surface area contributed by atoms with E-state index in [4.69, 9.17) is 9.97 Å². The fourth-order valence-corrected chi connectivity index (χ4v) is 6.69. The minimum Gasteiger partial charge on any atom is -0.354 e. The summed E-state index contributed by atoms with van der Waals surface area (Å²) in [4.78, 5) is 18.4. The van der Waals surface area contributed by atoms with Crippen molar-refractivity contribution < 1.29 is 0 Å². The maximum Gasteiger partial charge on any atom is 0.147 e. The van der Waals surface area contributed by atoms with Crippen LogP contribution in [0.5, 0.6) is 0 Å². The van der Waals surface area contributed by atoms with Crippen molar-refractivity contribution in [3.8, 4) is 28.2 Å². The highest BCUT2D eigenvalue weighted by atomic mass is 15.1. The zero-order valence-corrected chi connectivity index (χ0v) is 23.7. The number of fused-ring (bicyclic) bond motifs is 7. The second-order valence-corrected chi connectivity index (χ2v) is 11.2. The number of hydrogen-bond acceptors (Lipinski definition) is 3. The molecule has 0 unspecified atom stereocenters. The van der Waals surface area contributed by atoms with E-state index in [1.165, 1.54) is 16.3 Å². The molecule has 5 heterocycles. The fraction of sp³-hybridized carbons (Fsp3) is 0.0541. The Morgan fingerprint density at radius 2 is 1.47 bits per heavy atom. The molecular formula is C37H26N6. The summed E-state index contributed by atoms with van der Waals surface area (Å²) in [6.45, 7) is 2.16. The summed E-state index contributed by atoms with van der Waals surface area (Å²) in [5.41, 5.74) is 12.7. The lowest BCUT2D eigenvalue weighted by Crippen LogP contribution is -1.96. The van der Waals surface area contributed by atoms with Gasteiger partial charge in [0.2, 0.25) is 0 Å². The number of benzene rings is 4. The summed E-state index contributed by atoms with van der Waals surface area (Å²) in [5, 5.41) is 3.50. The van der Waals surface area contributed by atoms with Crippen molar-refractivity contribution in [2.75, 3.05) is 0 Å². The standard InChI is InChI=1S/C37H26N6/c1-22-19-28-26-11-3-4-14-30(26)40-33(28)29(20-22)37-41-35-25(12-6-15-31(35)42(37)2)23-9-5-10-24(21-23)43-32-16-8-17-38-34(32)27-13-7-18-39-36(27)43/h3-21,40H,1-2H3. The Morgan fingerprint density at radius 1 is 0.651 bits per heavy atom. The summed E-state index contributed by atoms with van der Waals surface area (Å²) < 4.78 is 4.41. The van der Waals surface area contributed by atoms with Crippen LogP contribution in [-0.4, -0.2) is 29.1 Å². The predicted octanol–water partition coefficient (Wildman–Crippen LogP) is 8.74. The Morgan fingerprint density at radius 3 is 2.42 bits per heavy atom. The highest BCUT2D eigenvalue weighted by molar-refractivity contribution is 6.12. The molecule has 0 bridgehead atoms. The smallest absolute Gasteiger partial charge is 0.147 e. The Hall–Kier alpha value is -5.75. The number of H-pyrrole nitrogens is 1. The van der Waals surface area contributed by atoms with E-state index < -0.39 is 0 Å². The summed E-state index contributed by atoms with van der Waals surface area (Å²) in [7, 11) is 2.11. The van der Waals surface area contributed by atoms with E-state index >= 15 is 0 Å². The largest absolute Gasteiger partial charge is 0.354 e. The monoisotopic (exact) mass is 554 g/mol. The van der Waals surface area contributed by atoms with Crippen molar-refractivity contribution in [1.29, 1.82) is 0 Å². The lowest BCUT2D eigenvalue weighted by molar-refractivity contribution is 0.960. The van der Waals surface area contributed by atoms with Crippen LogP contribution in [0.1, 0.15) is 5.56 Å². The van der Waals surface area contributed by atoms with Gasteiger partial charge < -0.3 is 9.55 Å². The number of aromatic amines is 1. The van der Waals surface area contributed by atoms with E-state index in [0.29, 0.717) is 0 Å². The van der Waals surface area contributed by atoms with Crippen LogP contribution < -0.4 is 0 Å². The molecule has 9 aromatic rings. The predicted molar refractivity (Wildman–Crippen MR) is 176 cm³/mol. The first-order valence-electron chi connectivity index (χ1n) is 14.4. The highest BCUT2D eigenvalue weighted by Crippen LogP contribution is 2.38. The lowest BCUT2D eigenvalue weighted by Gasteiger charge is -2.10. The summed E-state index contributed by atoms with van der Waals surface area (Å²) >= 11 is 0. The number of nitrogens with zero attached hydrogens (tertiary/aromatic N) is 5. The first kappa shape index (κ1) is 23.9. The molecule has 5 aromatic heterocycles. The quantitative estimate of drug-likeness (QED) is 0.237. The Bertz CT molecular complexity index is 2490. The van der Waals surface area contributed by atoms with E-state index in [1.54, 1.807) is 0 Å². The van der Waals surface area contributed by atoms with E-state index in [1.807, 2.05) is 24.5 Å². The van der Waals surface area contributed by atoms with E-state index in [9.17, 15) is 0 Å². The van der Waals surface area contributed by atoms with Crippen molar-refractivity contribution in [2.45, 2.75) is 6.92 Å². The average molecular weight is 555 g/mol. The molecule has 0 saturated carbocycles. The van der Waals surface area contributed by atoms with Crippen LogP contribution >= 0.6 is 0 Å². The Kier molecular flexibility index (Phi) is 4.93. The molecule has 0 aliphatic carbocycles. The van der Waals surface area contributed by atoms with Crippen LogP contribution in [0.4, 0.5) is 0 Å². The van der Waals surface area contributed by atoms with E-state index in [2.05, 4.69) is 124 Å². The number of para-hydroxylation sites is 2.